The lowest BCUT2D eigenvalue weighted by Crippen LogP contribution is -2.30. The Morgan fingerprint density at radius 1 is 1.40 bits per heavy atom. The molecule has 3 nitrogen and oxygen atoms in total. The number of halogens is 1. The number of anilines is 1. The molecular weight excluding hydrogens is 316 g/mol. The van der Waals surface area contributed by atoms with E-state index < -0.39 is 0 Å². The monoisotopic (exact) mass is 338 g/mol. The second kappa shape index (κ2) is 7.23. The fourth-order valence-electron chi connectivity index (χ4n) is 2.82. The summed E-state index contributed by atoms with van der Waals surface area (Å²) in [5.41, 5.74) is 3.16. The Kier molecular flexibility index (Phi) is 5.61. The summed E-state index contributed by atoms with van der Waals surface area (Å²) in [7, 11) is 0. The molecule has 2 N–H and O–H groups in total. The summed E-state index contributed by atoms with van der Waals surface area (Å²) in [5.74, 6) is 0.783. The van der Waals surface area contributed by atoms with Gasteiger partial charge in [-0.05, 0) is 75.4 Å². The Morgan fingerprint density at radius 2 is 2.10 bits per heavy atom. The van der Waals surface area contributed by atoms with E-state index in [4.69, 9.17) is 0 Å². The van der Waals surface area contributed by atoms with E-state index >= 15 is 0 Å². The van der Waals surface area contributed by atoms with Crippen molar-refractivity contribution in [3.05, 3.63) is 27.7 Å². The molecule has 1 fully saturated rings. The number of carbonyl (C=O) groups is 1. The smallest absolute Gasteiger partial charge is 0.224 e. The molecule has 4 heteroatoms. The van der Waals surface area contributed by atoms with Gasteiger partial charge < -0.3 is 10.6 Å². The second-order valence-corrected chi connectivity index (χ2v) is 6.63. The minimum Gasteiger partial charge on any atom is -0.326 e. The van der Waals surface area contributed by atoms with Crippen molar-refractivity contribution in [2.45, 2.75) is 39.5 Å². The van der Waals surface area contributed by atoms with Gasteiger partial charge in [-0.1, -0.05) is 15.9 Å². The summed E-state index contributed by atoms with van der Waals surface area (Å²) in [4.78, 5) is 12.1. The molecule has 0 saturated carbocycles. The van der Waals surface area contributed by atoms with E-state index in [1.54, 1.807) is 0 Å². The van der Waals surface area contributed by atoms with Crippen LogP contribution in [-0.4, -0.2) is 19.0 Å². The first-order valence-corrected chi connectivity index (χ1v) is 8.13. The van der Waals surface area contributed by atoms with Crippen LogP contribution in [0.3, 0.4) is 0 Å². The number of hydrogen-bond donors (Lipinski definition) is 2. The van der Waals surface area contributed by atoms with Crippen molar-refractivity contribution < 1.29 is 4.79 Å². The molecule has 1 heterocycles. The van der Waals surface area contributed by atoms with Crippen molar-refractivity contribution in [1.82, 2.24) is 5.32 Å². The standard InChI is InChI=1S/C16H23BrN2O/c1-11-8-14(17)9-12(2)16(11)19-15(20)6-5-13-4-3-7-18-10-13/h8-9,13,18H,3-7,10H2,1-2H3,(H,19,20). The molecule has 0 radical (unpaired) electrons. The Hall–Kier alpha value is -0.870. The molecule has 0 bridgehead atoms. The van der Waals surface area contributed by atoms with Crippen LogP contribution >= 0.6 is 15.9 Å². The SMILES string of the molecule is Cc1cc(Br)cc(C)c1NC(=O)CCC1CCCNC1. The van der Waals surface area contributed by atoms with Gasteiger partial charge in [-0.25, -0.2) is 0 Å². The molecule has 0 aromatic heterocycles. The number of carbonyl (C=O) groups excluding carboxylic acids is 1. The van der Waals surface area contributed by atoms with Gasteiger partial charge >= 0.3 is 0 Å². The first-order chi connectivity index (χ1) is 9.56. The van der Waals surface area contributed by atoms with Crippen LogP contribution in [0.1, 0.15) is 36.8 Å². The highest BCUT2D eigenvalue weighted by Crippen LogP contribution is 2.25. The number of amides is 1. The van der Waals surface area contributed by atoms with Crippen LogP contribution in [0.2, 0.25) is 0 Å². The van der Waals surface area contributed by atoms with Crippen LogP contribution in [-0.2, 0) is 4.79 Å². The number of benzene rings is 1. The Balaban J connectivity index is 1.88. The summed E-state index contributed by atoms with van der Waals surface area (Å²) in [6.45, 7) is 6.24. The van der Waals surface area contributed by atoms with Gasteiger partial charge in [0.05, 0.1) is 0 Å². The predicted octanol–water partition coefficient (Wildman–Crippen LogP) is 3.78. The predicted molar refractivity (Wildman–Crippen MR) is 87.1 cm³/mol. The van der Waals surface area contributed by atoms with E-state index in [1.165, 1.54) is 12.8 Å². The van der Waals surface area contributed by atoms with Crippen molar-refractivity contribution in [2.24, 2.45) is 5.92 Å². The average molecular weight is 339 g/mol. The zero-order chi connectivity index (χ0) is 14.5. The van der Waals surface area contributed by atoms with Gasteiger partial charge in [0, 0.05) is 16.6 Å². The Labute approximate surface area is 129 Å². The molecule has 1 saturated heterocycles. The summed E-state index contributed by atoms with van der Waals surface area (Å²) in [5, 5.41) is 6.46. The highest BCUT2D eigenvalue weighted by atomic mass is 79.9. The van der Waals surface area contributed by atoms with E-state index in [1.807, 2.05) is 26.0 Å². The van der Waals surface area contributed by atoms with E-state index in [0.29, 0.717) is 12.3 Å². The summed E-state index contributed by atoms with van der Waals surface area (Å²) in [6.07, 6.45) is 4.07. The first-order valence-electron chi connectivity index (χ1n) is 7.33. The zero-order valence-electron chi connectivity index (χ0n) is 12.3. The number of aryl methyl sites for hydroxylation is 2. The Morgan fingerprint density at radius 3 is 2.70 bits per heavy atom. The Bertz CT molecular complexity index is 458. The van der Waals surface area contributed by atoms with Gasteiger partial charge in [-0.3, -0.25) is 4.79 Å². The minimum absolute atomic E-state index is 0.129. The maximum atomic E-state index is 12.1. The van der Waals surface area contributed by atoms with E-state index in [0.717, 1.165) is 40.8 Å². The molecule has 1 amide bonds. The number of piperidine rings is 1. The lowest BCUT2D eigenvalue weighted by atomic mass is 9.94. The molecule has 1 aliphatic rings. The highest BCUT2D eigenvalue weighted by molar-refractivity contribution is 9.10. The van der Waals surface area contributed by atoms with Crippen molar-refractivity contribution in [1.29, 1.82) is 0 Å². The van der Waals surface area contributed by atoms with Crippen molar-refractivity contribution >= 4 is 27.5 Å². The summed E-state index contributed by atoms with van der Waals surface area (Å²) < 4.78 is 1.05. The van der Waals surface area contributed by atoms with Gasteiger partial charge in [0.25, 0.3) is 0 Å². The molecule has 1 atom stereocenters. The van der Waals surface area contributed by atoms with E-state index in [-0.39, 0.29) is 5.91 Å². The maximum Gasteiger partial charge on any atom is 0.224 e. The molecule has 0 spiro atoms. The van der Waals surface area contributed by atoms with Crippen molar-refractivity contribution in [2.75, 3.05) is 18.4 Å². The third kappa shape index (κ3) is 4.32. The summed E-state index contributed by atoms with van der Waals surface area (Å²) >= 11 is 3.48. The lowest BCUT2D eigenvalue weighted by molar-refractivity contribution is -0.116. The van der Waals surface area contributed by atoms with Gasteiger partial charge in [0.2, 0.25) is 5.91 Å². The molecule has 1 aromatic rings. The van der Waals surface area contributed by atoms with Crippen LogP contribution in [0.25, 0.3) is 0 Å². The normalized spacial score (nSPS) is 18.9. The quantitative estimate of drug-likeness (QED) is 0.876. The molecular formula is C16H23BrN2O. The van der Waals surface area contributed by atoms with E-state index in [2.05, 4.69) is 26.6 Å². The van der Waals surface area contributed by atoms with Gasteiger partial charge in [0.1, 0.15) is 0 Å². The summed E-state index contributed by atoms with van der Waals surface area (Å²) in [6, 6.07) is 4.07. The van der Waals surface area contributed by atoms with Crippen LogP contribution < -0.4 is 10.6 Å². The lowest BCUT2D eigenvalue weighted by Gasteiger charge is -2.22. The maximum absolute atomic E-state index is 12.1. The van der Waals surface area contributed by atoms with Gasteiger partial charge in [0.15, 0.2) is 0 Å². The highest BCUT2D eigenvalue weighted by Gasteiger charge is 2.15. The fraction of sp³-hybridized carbons (Fsp3) is 0.562. The minimum atomic E-state index is 0.129. The molecule has 1 unspecified atom stereocenters. The molecule has 20 heavy (non-hydrogen) atoms. The second-order valence-electron chi connectivity index (χ2n) is 5.71. The van der Waals surface area contributed by atoms with E-state index in [9.17, 15) is 4.79 Å². The number of rotatable bonds is 4. The van der Waals surface area contributed by atoms with Gasteiger partial charge in [-0.15, -0.1) is 0 Å². The zero-order valence-corrected chi connectivity index (χ0v) is 13.8. The fourth-order valence-corrected chi connectivity index (χ4v) is 3.50. The van der Waals surface area contributed by atoms with Crippen molar-refractivity contribution in [3.8, 4) is 0 Å². The third-order valence-corrected chi connectivity index (χ3v) is 4.40. The average Bonchev–Trinajstić information content (AvgIpc) is 2.42. The molecule has 110 valence electrons. The first kappa shape index (κ1) is 15.5. The largest absolute Gasteiger partial charge is 0.326 e. The van der Waals surface area contributed by atoms with Gasteiger partial charge in [-0.2, -0.15) is 0 Å². The molecule has 2 rings (SSSR count). The van der Waals surface area contributed by atoms with Crippen LogP contribution in [0, 0.1) is 19.8 Å². The number of nitrogens with one attached hydrogen (secondary N) is 2. The molecule has 1 aromatic carbocycles. The van der Waals surface area contributed by atoms with Crippen LogP contribution in [0.5, 0.6) is 0 Å². The van der Waals surface area contributed by atoms with Crippen LogP contribution in [0.4, 0.5) is 5.69 Å². The van der Waals surface area contributed by atoms with Crippen molar-refractivity contribution in [3.63, 3.8) is 0 Å². The number of hydrogen-bond acceptors (Lipinski definition) is 2. The van der Waals surface area contributed by atoms with Crippen LogP contribution in [0.15, 0.2) is 16.6 Å². The molecule has 1 aliphatic heterocycles. The molecule has 0 aliphatic carbocycles. The third-order valence-electron chi connectivity index (χ3n) is 3.94. The topological polar surface area (TPSA) is 41.1 Å².